The fraction of sp³-hybridized carbons (Fsp3) is 0.923. The lowest BCUT2D eigenvalue weighted by atomic mass is 9.48. The van der Waals surface area contributed by atoms with E-state index in [1.54, 1.807) is 0 Å². The van der Waals surface area contributed by atoms with E-state index in [1.807, 2.05) is 0 Å². The molecule has 1 saturated heterocycles. The molecule has 0 amide bonds. The maximum Gasteiger partial charge on any atom is 0.341 e. The monoisotopic (exact) mass is 238 g/mol. The molecule has 4 saturated carbocycles. The van der Waals surface area contributed by atoms with Gasteiger partial charge < -0.3 is 4.74 Å². The molecule has 0 aromatic rings. The Bertz CT molecular complexity index is 316. The molecule has 4 bridgehead atoms. The van der Waals surface area contributed by atoms with E-state index < -0.39 is 6.10 Å². The van der Waals surface area contributed by atoms with Crippen molar-refractivity contribution in [3.05, 3.63) is 0 Å². The van der Waals surface area contributed by atoms with Gasteiger partial charge in [0.15, 0.2) is 6.10 Å². The summed E-state index contributed by atoms with van der Waals surface area (Å²) in [6.07, 6.45) is 7.00. The molecule has 1 unspecified atom stereocenters. The molecular weight excluding hydrogens is 220 g/mol. The Morgan fingerprint density at radius 2 is 1.59 bits per heavy atom. The predicted molar refractivity (Wildman–Crippen MR) is 57.5 cm³/mol. The van der Waals surface area contributed by atoms with Gasteiger partial charge in [0.1, 0.15) is 0 Å². The van der Waals surface area contributed by atoms with Gasteiger partial charge in [0.2, 0.25) is 6.79 Å². The molecule has 0 aromatic heterocycles. The van der Waals surface area contributed by atoms with Crippen molar-refractivity contribution in [2.45, 2.75) is 44.6 Å². The van der Waals surface area contributed by atoms with Crippen LogP contribution in [-0.4, -0.2) is 18.9 Å². The minimum absolute atomic E-state index is 0.0201. The first-order valence-corrected chi connectivity index (χ1v) is 6.70. The van der Waals surface area contributed by atoms with Crippen LogP contribution in [0.25, 0.3) is 0 Å². The maximum atomic E-state index is 11.9. The van der Waals surface area contributed by atoms with Gasteiger partial charge in [0, 0.05) is 5.41 Å². The minimum atomic E-state index is -0.468. The second kappa shape index (κ2) is 3.45. The molecule has 4 heteroatoms. The Labute approximate surface area is 101 Å². The molecule has 4 aliphatic carbocycles. The third kappa shape index (κ3) is 1.47. The molecule has 4 nitrogen and oxygen atoms in total. The summed E-state index contributed by atoms with van der Waals surface area (Å²) in [5, 5.41) is 0. The number of hydrogen-bond acceptors (Lipinski definition) is 4. The fourth-order valence-corrected chi connectivity index (χ4v) is 5.14. The smallest absolute Gasteiger partial charge is 0.341 e. The van der Waals surface area contributed by atoms with Crippen LogP contribution in [0.1, 0.15) is 38.5 Å². The average molecular weight is 238 g/mol. The molecule has 0 radical (unpaired) electrons. The number of carbonyl (C=O) groups is 1. The van der Waals surface area contributed by atoms with Gasteiger partial charge in [-0.1, -0.05) is 0 Å². The highest BCUT2D eigenvalue weighted by Crippen LogP contribution is 2.62. The summed E-state index contributed by atoms with van der Waals surface area (Å²) in [4.78, 5) is 22.1. The van der Waals surface area contributed by atoms with Crippen LogP contribution in [0.2, 0.25) is 0 Å². The number of carbonyl (C=O) groups excluding carboxylic acids is 1. The maximum absolute atomic E-state index is 11.9. The lowest BCUT2D eigenvalue weighted by Gasteiger charge is -2.58. The molecule has 0 N–H and O–H groups in total. The van der Waals surface area contributed by atoms with E-state index >= 15 is 0 Å². The summed E-state index contributed by atoms with van der Waals surface area (Å²) in [5.41, 5.74) is 0.0201. The molecule has 1 aliphatic heterocycles. The number of rotatable bonds is 1. The molecular formula is C13H18O4. The Balaban J connectivity index is 1.65. The van der Waals surface area contributed by atoms with Crippen molar-refractivity contribution in [3.63, 3.8) is 0 Å². The van der Waals surface area contributed by atoms with E-state index in [9.17, 15) is 4.79 Å². The van der Waals surface area contributed by atoms with Gasteiger partial charge in [-0.05, 0) is 56.3 Å². The predicted octanol–water partition coefficient (Wildman–Crippen LogP) is 2.03. The third-order valence-electron chi connectivity index (χ3n) is 5.27. The van der Waals surface area contributed by atoms with Crippen LogP contribution in [0, 0.1) is 23.2 Å². The van der Waals surface area contributed by atoms with Crippen LogP contribution in [0.5, 0.6) is 0 Å². The average Bonchev–Trinajstić information content (AvgIpc) is 2.27. The number of esters is 1. The summed E-state index contributed by atoms with van der Waals surface area (Å²) in [6, 6.07) is 0. The number of hydrogen-bond donors (Lipinski definition) is 0. The molecule has 0 aromatic carbocycles. The molecule has 1 heterocycles. The van der Waals surface area contributed by atoms with Gasteiger partial charge in [0.25, 0.3) is 0 Å². The minimum Gasteiger partial charge on any atom is -0.433 e. The topological polar surface area (TPSA) is 44.8 Å². The number of ether oxygens (including phenoxy) is 1. The van der Waals surface area contributed by atoms with Crippen molar-refractivity contribution >= 4 is 5.97 Å². The van der Waals surface area contributed by atoms with Crippen molar-refractivity contribution < 1.29 is 19.3 Å². The Morgan fingerprint density at radius 1 is 1.00 bits per heavy atom. The van der Waals surface area contributed by atoms with Gasteiger partial charge in [-0.15, -0.1) is 0 Å². The van der Waals surface area contributed by atoms with Gasteiger partial charge >= 0.3 is 5.97 Å². The molecule has 1 atom stereocenters. The van der Waals surface area contributed by atoms with E-state index in [1.165, 1.54) is 19.3 Å². The first-order valence-electron chi connectivity index (χ1n) is 6.70. The summed E-state index contributed by atoms with van der Waals surface area (Å²) in [5.74, 6) is 2.21. The fourth-order valence-electron chi connectivity index (χ4n) is 5.14. The van der Waals surface area contributed by atoms with Crippen molar-refractivity contribution in [2.75, 3.05) is 6.79 Å². The van der Waals surface area contributed by atoms with Crippen molar-refractivity contribution in [2.24, 2.45) is 23.2 Å². The molecule has 5 rings (SSSR count). The molecule has 17 heavy (non-hydrogen) atoms. The van der Waals surface area contributed by atoms with Crippen molar-refractivity contribution in [1.29, 1.82) is 0 Å². The van der Waals surface area contributed by atoms with E-state index in [0.717, 1.165) is 37.0 Å². The molecule has 94 valence electrons. The van der Waals surface area contributed by atoms with E-state index in [-0.39, 0.29) is 18.2 Å². The van der Waals surface area contributed by atoms with Gasteiger partial charge in [-0.25, -0.2) is 9.68 Å². The summed E-state index contributed by atoms with van der Waals surface area (Å²) in [7, 11) is 0. The van der Waals surface area contributed by atoms with Crippen molar-refractivity contribution in [1.82, 2.24) is 0 Å². The van der Waals surface area contributed by atoms with Crippen molar-refractivity contribution in [3.8, 4) is 0 Å². The van der Waals surface area contributed by atoms with Gasteiger partial charge in [-0.3, -0.25) is 0 Å². The largest absolute Gasteiger partial charge is 0.433 e. The SMILES string of the molecule is O=C1OCOOC1C12CC3CC(CC(C3)C1)C2. The Hall–Kier alpha value is -0.610. The molecule has 5 fully saturated rings. The molecule has 0 spiro atoms. The normalized spacial score (nSPS) is 52.6. The highest BCUT2D eigenvalue weighted by molar-refractivity contribution is 5.76. The standard InChI is InChI=1S/C13H18O4/c14-12-11(17-16-7-15-12)13-4-8-1-9(5-13)3-10(2-8)6-13/h8-11H,1-7H2. The second-order valence-corrected chi connectivity index (χ2v) is 6.46. The third-order valence-corrected chi connectivity index (χ3v) is 5.27. The van der Waals surface area contributed by atoms with Crippen LogP contribution in [0.15, 0.2) is 0 Å². The lowest BCUT2D eigenvalue weighted by Crippen LogP contribution is -2.56. The van der Waals surface area contributed by atoms with Gasteiger partial charge in [0.05, 0.1) is 0 Å². The lowest BCUT2D eigenvalue weighted by molar-refractivity contribution is -0.399. The highest BCUT2D eigenvalue weighted by atomic mass is 17.2. The van der Waals surface area contributed by atoms with Crippen LogP contribution >= 0.6 is 0 Å². The van der Waals surface area contributed by atoms with Crippen LogP contribution in [-0.2, 0) is 19.3 Å². The zero-order valence-corrected chi connectivity index (χ0v) is 9.89. The zero-order valence-electron chi connectivity index (χ0n) is 9.89. The van der Waals surface area contributed by atoms with E-state index in [0.29, 0.717) is 0 Å². The quantitative estimate of drug-likeness (QED) is 0.518. The first kappa shape index (κ1) is 10.3. The zero-order chi connectivity index (χ0) is 11.5. The van der Waals surface area contributed by atoms with Crippen LogP contribution in [0.4, 0.5) is 0 Å². The van der Waals surface area contributed by atoms with Crippen LogP contribution < -0.4 is 0 Å². The summed E-state index contributed by atoms with van der Waals surface area (Å²) < 4.78 is 4.99. The summed E-state index contributed by atoms with van der Waals surface area (Å²) in [6.45, 7) is -0.0539. The summed E-state index contributed by atoms with van der Waals surface area (Å²) >= 11 is 0. The van der Waals surface area contributed by atoms with Gasteiger partial charge in [-0.2, -0.15) is 4.89 Å². The second-order valence-electron chi connectivity index (χ2n) is 6.46. The van der Waals surface area contributed by atoms with E-state index in [4.69, 9.17) is 14.5 Å². The first-order chi connectivity index (χ1) is 8.25. The Kier molecular flexibility index (Phi) is 2.10. The van der Waals surface area contributed by atoms with Crippen LogP contribution in [0.3, 0.4) is 0 Å². The molecule has 5 aliphatic rings. The number of cyclic esters (lactones) is 1. The van der Waals surface area contributed by atoms with E-state index in [2.05, 4.69) is 0 Å². The highest BCUT2D eigenvalue weighted by Gasteiger charge is 2.58. The Morgan fingerprint density at radius 3 is 2.12 bits per heavy atom.